The quantitative estimate of drug-likeness (QED) is 0.834. The molecule has 0 unspecified atom stereocenters. The Balaban J connectivity index is 1.82. The SMILES string of the molecule is Cc1c(CN2Cc3ccnn3CC[C@@H]2CNS(C)(=O)=O)cnn1C. The van der Waals surface area contributed by atoms with E-state index in [1.807, 2.05) is 41.8 Å². The van der Waals surface area contributed by atoms with Gasteiger partial charge >= 0.3 is 0 Å². The Morgan fingerprint density at radius 1 is 1.38 bits per heavy atom. The van der Waals surface area contributed by atoms with Crippen molar-refractivity contribution in [3.63, 3.8) is 0 Å². The van der Waals surface area contributed by atoms with Crippen LogP contribution in [0.2, 0.25) is 0 Å². The van der Waals surface area contributed by atoms with E-state index in [4.69, 9.17) is 0 Å². The molecule has 0 amide bonds. The number of hydrogen-bond donors (Lipinski definition) is 1. The standard InChI is InChI=1S/C15H24N6O2S/c1-12-13(8-17-19(12)2)10-20-11-15-4-6-16-21(15)7-5-14(20)9-18-24(3,22)23/h4,6,8,14,18H,5,7,9-11H2,1-3H3/t14-/m1/s1. The van der Waals surface area contributed by atoms with Crippen molar-refractivity contribution >= 4 is 10.0 Å². The van der Waals surface area contributed by atoms with E-state index in [2.05, 4.69) is 19.8 Å². The van der Waals surface area contributed by atoms with Crippen molar-refractivity contribution in [2.24, 2.45) is 7.05 Å². The molecule has 0 fully saturated rings. The molecule has 132 valence electrons. The third kappa shape index (κ3) is 3.85. The molecule has 0 saturated heterocycles. The summed E-state index contributed by atoms with van der Waals surface area (Å²) in [5, 5.41) is 8.67. The molecule has 3 heterocycles. The zero-order valence-corrected chi connectivity index (χ0v) is 15.1. The van der Waals surface area contributed by atoms with E-state index in [1.54, 1.807) is 0 Å². The van der Waals surface area contributed by atoms with Gasteiger partial charge in [0, 0.05) is 56.7 Å². The number of aryl methyl sites for hydroxylation is 2. The van der Waals surface area contributed by atoms with Crippen LogP contribution in [-0.4, -0.2) is 51.7 Å². The summed E-state index contributed by atoms with van der Waals surface area (Å²) in [5.74, 6) is 0. The highest BCUT2D eigenvalue weighted by atomic mass is 32.2. The van der Waals surface area contributed by atoms with Gasteiger partial charge in [-0.25, -0.2) is 13.1 Å². The molecule has 0 bridgehead atoms. The molecular weight excluding hydrogens is 328 g/mol. The molecule has 8 nitrogen and oxygen atoms in total. The summed E-state index contributed by atoms with van der Waals surface area (Å²) in [6.45, 7) is 4.73. The van der Waals surface area contributed by atoms with Crippen molar-refractivity contribution in [1.82, 2.24) is 29.2 Å². The predicted molar refractivity (Wildman–Crippen MR) is 90.7 cm³/mol. The van der Waals surface area contributed by atoms with Gasteiger partial charge in [-0.2, -0.15) is 10.2 Å². The summed E-state index contributed by atoms with van der Waals surface area (Å²) in [4.78, 5) is 2.31. The van der Waals surface area contributed by atoms with Gasteiger partial charge in [0.2, 0.25) is 10.0 Å². The molecule has 3 rings (SSSR count). The van der Waals surface area contributed by atoms with E-state index in [-0.39, 0.29) is 6.04 Å². The Morgan fingerprint density at radius 3 is 2.83 bits per heavy atom. The van der Waals surface area contributed by atoms with Gasteiger partial charge < -0.3 is 0 Å². The molecule has 1 aliphatic rings. The van der Waals surface area contributed by atoms with Crippen LogP contribution in [0.5, 0.6) is 0 Å². The third-order valence-electron chi connectivity index (χ3n) is 4.65. The van der Waals surface area contributed by atoms with Crippen molar-refractivity contribution in [2.75, 3.05) is 12.8 Å². The normalized spacial score (nSPS) is 19.2. The molecule has 0 radical (unpaired) electrons. The maximum Gasteiger partial charge on any atom is 0.208 e. The van der Waals surface area contributed by atoms with Gasteiger partial charge in [-0.15, -0.1) is 0 Å². The summed E-state index contributed by atoms with van der Waals surface area (Å²) < 4.78 is 29.5. The molecule has 0 saturated carbocycles. The summed E-state index contributed by atoms with van der Waals surface area (Å²) in [6, 6.07) is 2.14. The minimum atomic E-state index is -3.21. The van der Waals surface area contributed by atoms with Crippen molar-refractivity contribution in [3.05, 3.63) is 35.4 Å². The Bertz CT molecular complexity index is 810. The van der Waals surface area contributed by atoms with Gasteiger partial charge in [-0.3, -0.25) is 14.3 Å². The summed E-state index contributed by atoms with van der Waals surface area (Å²) in [6.07, 6.45) is 5.75. The summed E-state index contributed by atoms with van der Waals surface area (Å²) in [5.41, 5.74) is 3.44. The minimum Gasteiger partial charge on any atom is -0.289 e. The molecule has 0 spiro atoms. The fourth-order valence-corrected chi connectivity index (χ4v) is 3.56. The van der Waals surface area contributed by atoms with Crippen LogP contribution in [-0.2, 0) is 36.7 Å². The maximum absolute atomic E-state index is 11.5. The topological polar surface area (TPSA) is 85.1 Å². The summed E-state index contributed by atoms with van der Waals surface area (Å²) >= 11 is 0. The first kappa shape index (κ1) is 17.1. The Hall–Kier alpha value is -1.71. The number of nitrogens with zero attached hydrogens (tertiary/aromatic N) is 5. The smallest absolute Gasteiger partial charge is 0.208 e. The van der Waals surface area contributed by atoms with Crippen LogP contribution in [0.1, 0.15) is 23.4 Å². The first-order valence-electron chi connectivity index (χ1n) is 8.00. The van der Waals surface area contributed by atoms with Crippen LogP contribution in [0, 0.1) is 6.92 Å². The highest BCUT2D eigenvalue weighted by Crippen LogP contribution is 2.20. The Labute approximate surface area is 142 Å². The van der Waals surface area contributed by atoms with Gasteiger partial charge in [0.1, 0.15) is 0 Å². The zero-order valence-electron chi connectivity index (χ0n) is 14.3. The fraction of sp³-hybridized carbons (Fsp3) is 0.600. The highest BCUT2D eigenvalue weighted by Gasteiger charge is 2.26. The molecule has 1 aliphatic heterocycles. The second-order valence-electron chi connectivity index (χ2n) is 6.39. The van der Waals surface area contributed by atoms with Gasteiger partial charge in [0.15, 0.2) is 0 Å². The first-order valence-corrected chi connectivity index (χ1v) is 9.89. The first-order chi connectivity index (χ1) is 11.3. The van der Waals surface area contributed by atoms with Crippen molar-refractivity contribution in [3.8, 4) is 0 Å². The van der Waals surface area contributed by atoms with Crippen molar-refractivity contribution < 1.29 is 8.42 Å². The molecule has 1 N–H and O–H groups in total. The van der Waals surface area contributed by atoms with E-state index >= 15 is 0 Å². The maximum atomic E-state index is 11.5. The van der Waals surface area contributed by atoms with Gasteiger partial charge in [-0.1, -0.05) is 0 Å². The summed E-state index contributed by atoms with van der Waals surface area (Å²) in [7, 11) is -1.28. The van der Waals surface area contributed by atoms with Crippen LogP contribution in [0.3, 0.4) is 0 Å². The number of sulfonamides is 1. The van der Waals surface area contributed by atoms with Gasteiger partial charge in [-0.05, 0) is 19.4 Å². The Morgan fingerprint density at radius 2 is 2.17 bits per heavy atom. The fourth-order valence-electron chi connectivity index (χ4n) is 3.07. The molecule has 2 aromatic rings. The molecular formula is C15H24N6O2S. The molecule has 9 heteroatoms. The average Bonchev–Trinajstić information content (AvgIpc) is 3.03. The van der Waals surface area contributed by atoms with Crippen LogP contribution >= 0.6 is 0 Å². The lowest BCUT2D eigenvalue weighted by Crippen LogP contribution is -2.42. The zero-order chi connectivity index (χ0) is 17.3. The van der Waals surface area contributed by atoms with E-state index in [9.17, 15) is 8.42 Å². The van der Waals surface area contributed by atoms with E-state index in [1.165, 1.54) is 6.26 Å². The van der Waals surface area contributed by atoms with Crippen LogP contribution < -0.4 is 4.72 Å². The van der Waals surface area contributed by atoms with Crippen LogP contribution in [0.25, 0.3) is 0 Å². The molecule has 1 atom stereocenters. The van der Waals surface area contributed by atoms with Crippen molar-refractivity contribution in [2.45, 2.75) is 39.0 Å². The van der Waals surface area contributed by atoms with Gasteiger partial charge in [0.25, 0.3) is 0 Å². The third-order valence-corrected chi connectivity index (χ3v) is 5.34. The van der Waals surface area contributed by atoms with E-state index in [0.717, 1.165) is 43.0 Å². The monoisotopic (exact) mass is 352 g/mol. The lowest BCUT2D eigenvalue weighted by atomic mass is 10.1. The molecule has 0 aliphatic carbocycles. The number of fused-ring (bicyclic) bond motifs is 1. The predicted octanol–water partition coefficient (Wildman–Crippen LogP) is 0.249. The van der Waals surface area contributed by atoms with Crippen molar-refractivity contribution in [1.29, 1.82) is 0 Å². The van der Waals surface area contributed by atoms with E-state index in [0.29, 0.717) is 6.54 Å². The largest absolute Gasteiger partial charge is 0.289 e. The highest BCUT2D eigenvalue weighted by molar-refractivity contribution is 7.88. The number of nitrogens with one attached hydrogen (secondary N) is 1. The van der Waals surface area contributed by atoms with Crippen LogP contribution in [0.4, 0.5) is 0 Å². The second-order valence-corrected chi connectivity index (χ2v) is 8.23. The molecule has 0 aromatic carbocycles. The minimum absolute atomic E-state index is 0.112. The number of hydrogen-bond acceptors (Lipinski definition) is 5. The number of rotatable bonds is 5. The van der Waals surface area contributed by atoms with Crippen LogP contribution in [0.15, 0.2) is 18.5 Å². The number of aromatic nitrogens is 4. The molecule has 2 aromatic heterocycles. The second kappa shape index (κ2) is 6.66. The lowest BCUT2D eigenvalue weighted by molar-refractivity contribution is 0.176. The van der Waals surface area contributed by atoms with Gasteiger partial charge in [0.05, 0.1) is 18.1 Å². The average molecular weight is 352 g/mol. The van der Waals surface area contributed by atoms with E-state index < -0.39 is 10.0 Å². The molecule has 24 heavy (non-hydrogen) atoms. The lowest BCUT2D eigenvalue weighted by Gasteiger charge is -2.29. The Kier molecular flexibility index (Phi) is 4.75.